The quantitative estimate of drug-likeness (QED) is 0.635. The van der Waals surface area contributed by atoms with Gasteiger partial charge in [-0.1, -0.05) is 0 Å². The van der Waals surface area contributed by atoms with Crippen LogP contribution in [0.3, 0.4) is 0 Å². The van der Waals surface area contributed by atoms with E-state index in [1.54, 1.807) is 25.6 Å². The summed E-state index contributed by atoms with van der Waals surface area (Å²) in [6.07, 6.45) is 9.40. The number of imidazole rings is 1. The maximum Gasteiger partial charge on any atom is 0.271 e. The highest BCUT2D eigenvalue weighted by atomic mass is 16.1. The Kier molecular flexibility index (Phi) is 4.97. The Morgan fingerprint density at radius 1 is 1.22 bits per heavy atom. The normalized spacial score (nSPS) is 15.0. The lowest BCUT2D eigenvalue weighted by Gasteiger charge is -2.23. The number of hydrogen-bond donors (Lipinski definition) is 3. The van der Waals surface area contributed by atoms with Crippen molar-refractivity contribution in [2.45, 2.75) is 12.8 Å². The maximum absolute atomic E-state index is 12.0. The van der Waals surface area contributed by atoms with Crippen LogP contribution in [0.4, 0.5) is 5.82 Å². The molecule has 0 aromatic carbocycles. The summed E-state index contributed by atoms with van der Waals surface area (Å²) in [5.41, 5.74) is 2.79. The van der Waals surface area contributed by atoms with Crippen LogP contribution in [0, 0.1) is 5.92 Å². The fourth-order valence-corrected chi connectivity index (χ4v) is 3.34. The lowest BCUT2D eigenvalue weighted by atomic mass is 9.98. The highest BCUT2D eigenvalue weighted by Crippen LogP contribution is 2.23. The summed E-state index contributed by atoms with van der Waals surface area (Å²) in [6, 6.07) is 3.84. The van der Waals surface area contributed by atoms with E-state index in [9.17, 15) is 4.79 Å². The number of nitrogens with zero attached hydrogens (tertiary/aromatic N) is 4. The summed E-state index contributed by atoms with van der Waals surface area (Å²) in [6.45, 7) is 2.94. The van der Waals surface area contributed by atoms with Gasteiger partial charge in [-0.2, -0.15) is 0 Å². The molecule has 8 heteroatoms. The molecule has 1 saturated heterocycles. The molecule has 3 aromatic rings. The molecule has 0 spiro atoms. The summed E-state index contributed by atoms with van der Waals surface area (Å²) in [5.74, 6) is 1.08. The van der Waals surface area contributed by atoms with Crippen molar-refractivity contribution in [3.05, 3.63) is 42.6 Å². The molecule has 27 heavy (non-hydrogen) atoms. The summed E-state index contributed by atoms with van der Waals surface area (Å²) in [4.78, 5) is 25.3. The first kappa shape index (κ1) is 17.4. The monoisotopic (exact) mass is 365 g/mol. The van der Waals surface area contributed by atoms with Crippen molar-refractivity contribution in [1.82, 2.24) is 30.0 Å². The van der Waals surface area contributed by atoms with Crippen LogP contribution in [0.2, 0.25) is 0 Å². The van der Waals surface area contributed by atoms with Crippen LogP contribution in [0.1, 0.15) is 23.3 Å². The van der Waals surface area contributed by atoms with Crippen molar-refractivity contribution >= 4 is 17.4 Å². The molecule has 3 aromatic heterocycles. The number of nitrogens with one attached hydrogen (secondary N) is 3. The number of rotatable bonds is 5. The summed E-state index contributed by atoms with van der Waals surface area (Å²) < 4.78 is 1.86. The van der Waals surface area contributed by atoms with Crippen LogP contribution < -0.4 is 16.0 Å². The number of carbonyl (C=O) groups excluding carboxylic acids is 1. The smallest absolute Gasteiger partial charge is 0.271 e. The zero-order valence-corrected chi connectivity index (χ0v) is 15.3. The average Bonchev–Trinajstić information content (AvgIpc) is 3.17. The Labute approximate surface area is 157 Å². The third-order valence-electron chi connectivity index (χ3n) is 4.89. The molecule has 1 fully saturated rings. The van der Waals surface area contributed by atoms with Crippen molar-refractivity contribution in [1.29, 1.82) is 0 Å². The third kappa shape index (κ3) is 3.75. The van der Waals surface area contributed by atoms with Crippen LogP contribution in [-0.2, 0) is 0 Å². The largest absolute Gasteiger partial charge is 0.367 e. The van der Waals surface area contributed by atoms with E-state index in [-0.39, 0.29) is 5.91 Å². The molecule has 1 amide bonds. The Bertz CT molecular complexity index is 932. The SMILES string of the molecule is CNC(=O)c1cn2cc(-c3ccncc3)nc(NCC3CCNCC3)c2n1. The molecule has 0 saturated carbocycles. The van der Waals surface area contributed by atoms with Gasteiger partial charge in [-0.15, -0.1) is 0 Å². The van der Waals surface area contributed by atoms with Gasteiger partial charge in [-0.25, -0.2) is 9.97 Å². The first-order valence-electron chi connectivity index (χ1n) is 9.21. The van der Waals surface area contributed by atoms with E-state index >= 15 is 0 Å². The van der Waals surface area contributed by atoms with Crippen LogP contribution in [-0.4, -0.2) is 51.9 Å². The van der Waals surface area contributed by atoms with Gasteiger partial charge in [0.05, 0.1) is 5.69 Å². The number of amides is 1. The Morgan fingerprint density at radius 2 is 2.00 bits per heavy atom. The number of piperidine rings is 1. The fourth-order valence-electron chi connectivity index (χ4n) is 3.34. The average molecular weight is 365 g/mol. The number of aromatic nitrogens is 4. The molecule has 3 N–H and O–H groups in total. The zero-order chi connectivity index (χ0) is 18.6. The summed E-state index contributed by atoms with van der Waals surface area (Å²) in [7, 11) is 1.60. The van der Waals surface area contributed by atoms with Crippen molar-refractivity contribution in [3.63, 3.8) is 0 Å². The van der Waals surface area contributed by atoms with Gasteiger partial charge in [-0.05, 0) is 44.0 Å². The molecular formula is C19H23N7O. The first-order valence-corrected chi connectivity index (χ1v) is 9.21. The van der Waals surface area contributed by atoms with Crippen molar-refractivity contribution in [2.75, 3.05) is 32.0 Å². The van der Waals surface area contributed by atoms with Gasteiger partial charge in [0, 0.05) is 43.9 Å². The van der Waals surface area contributed by atoms with Gasteiger partial charge in [0.15, 0.2) is 11.5 Å². The van der Waals surface area contributed by atoms with Crippen LogP contribution in [0.25, 0.3) is 16.9 Å². The second-order valence-electron chi connectivity index (χ2n) is 6.72. The Hall–Kier alpha value is -3.00. The minimum Gasteiger partial charge on any atom is -0.367 e. The number of carbonyl (C=O) groups is 1. The molecule has 8 nitrogen and oxygen atoms in total. The third-order valence-corrected chi connectivity index (χ3v) is 4.89. The molecular weight excluding hydrogens is 342 g/mol. The van der Waals surface area contributed by atoms with Crippen molar-refractivity contribution in [2.24, 2.45) is 5.92 Å². The van der Waals surface area contributed by atoms with Gasteiger partial charge in [0.1, 0.15) is 5.69 Å². The van der Waals surface area contributed by atoms with Gasteiger partial charge >= 0.3 is 0 Å². The van der Waals surface area contributed by atoms with Crippen molar-refractivity contribution in [3.8, 4) is 11.3 Å². The molecule has 0 aliphatic carbocycles. The van der Waals surface area contributed by atoms with E-state index in [4.69, 9.17) is 4.98 Å². The van der Waals surface area contributed by atoms with Gasteiger partial charge in [0.2, 0.25) is 0 Å². The molecule has 140 valence electrons. The van der Waals surface area contributed by atoms with Crippen LogP contribution >= 0.6 is 0 Å². The predicted molar refractivity (Wildman–Crippen MR) is 104 cm³/mol. The number of anilines is 1. The molecule has 1 aliphatic heterocycles. The standard InChI is InChI=1S/C19H23N7O/c1-20-19(27)16-12-26-11-15(14-4-8-22-9-5-14)24-17(18(26)25-16)23-10-13-2-6-21-7-3-13/h4-5,8-9,11-13,21H,2-3,6-7,10H2,1H3,(H,20,27)(H,23,24). The molecule has 0 unspecified atom stereocenters. The van der Waals surface area contributed by atoms with Crippen molar-refractivity contribution < 1.29 is 4.79 Å². The molecule has 0 atom stereocenters. The minimum absolute atomic E-state index is 0.214. The second kappa shape index (κ2) is 7.71. The molecule has 0 radical (unpaired) electrons. The Balaban J connectivity index is 1.71. The summed E-state index contributed by atoms with van der Waals surface area (Å²) >= 11 is 0. The van der Waals surface area contributed by atoms with E-state index in [0.717, 1.165) is 43.7 Å². The maximum atomic E-state index is 12.0. The minimum atomic E-state index is -0.214. The van der Waals surface area contributed by atoms with E-state index in [1.807, 2.05) is 22.7 Å². The van der Waals surface area contributed by atoms with E-state index in [1.165, 1.54) is 0 Å². The number of hydrogen-bond acceptors (Lipinski definition) is 6. The topological polar surface area (TPSA) is 96.2 Å². The summed E-state index contributed by atoms with van der Waals surface area (Å²) in [5, 5.41) is 9.47. The van der Waals surface area contributed by atoms with Gasteiger partial charge in [-0.3, -0.25) is 9.78 Å². The lowest BCUT2D eigenvalue weighted by molar-refractivity contribution is 0.0959. The highest BCUT2D eigenvalue weighted by Gasteiger charge is 2.17. The van der Waals surface area contributed by atoms with E-state index in [2.05, 4.69) is 25.9 Å². The van der Waals surface area contributed by atoms with Gasteiger partial charge in [0.25, 0.3) is 5.91 Å². The molecule has 4 rings (SSSR count). The Morgan fingerprint density at radius 3 is 2.74 bits per heavy atom. The predicted octanol–water partition coefficient (Wildman–Crippen LogP) is 1.56. The van der Waals surface area contributed by atoms with Gasteiger partial charge < -0.3 is 20.4 Å². The molecule has 1 aliphatic rings. The van der Waals surface area contributed by atoms with Crippen LogP contribution in [0.5, 0.6) is 0 Å². The van der Waals surface area contributed by atoms with Crippen LogP contribution in [0.15, 0.2) is 36.9 Å². The fraction of sp³-hybridized carbons (Fsp3) is 0.368. The molecule has 4 heterocycles. The number of fused-ring (bicyclic) bond motifs is 1. The van der Waals surface area contributed by atoms with E-state index < -0.39 is 0 Å². The lowest BCUT2D eigenvalue weighted by Crippen LogP contribution is -2.31. The highest BCUT2D eigenvalue weighted by molar-refractivity contribution is 5.93. The number of pyridine rings is 1. The molecule has 0 bridgehead atoms. The zero-order valence-electron chi connectivity index (χ0n) is 15.3. The second-order valence-corrected chi connectivity index (χ2v) is 6.72. The first-order chi connectivity index (χ1) is 13.2. The van der Waals surface area contributed by atoms with E-state index in [0.29, 0.717) is 23.1 Å².